The van der Waals surface area contributed by atoms with Crippen LogP contribution < -0.4 is 5.32 Å². The van der Waals surface area contributed by atoms with Crippen molar-refractivity contribution in [2.24, 2.45) is 0 Å². The summed E-state index contributed by atoms with van der Waals surface area (Å²) in [6.45, 7) is 2.08. The highest BCUT2D eigenvalue weighted by Gasteiger charge is 2.17. The zero-order valence-electron chi connectivity index (χ0n) is 12.8. The fraction of sp³-hybridized carbons (Fsp3) is 0.235. The van der Waals surface area contributed by atoms with E-state index >= 15 is 0 Å². The smallest absolute Gasteiger partial charge is 0.235 e. The van der Waals surface area contributed by atoms with Gasteiger partial charge in [-0.25, -0.2) is 12.8 Å². The molecule has 0 atom stereocenters. The van der Waals surface area contributed by atoms with Crippen molar-refractivity contribution >= 4 is 15.7 Å². The summed E-state index contributed by atoms with van der Waals surface area (Å²) in [4.78, 5) is 11.8. The van der Waals surface area contributed by atoms with Crippen LogP contribution in [0.2, 0.25) is 0 Å². The molecule has 23 heavy (non-hydrogen) atoms. The number of halogens is 1. The zero-order chi connectivity index (χ0) is 16.9. The molecule has 0 saturated heterocycles. The third-order valence-corrected chi connectivity index (χ3v) is 4.74. The van der Waals surface area contributed by atoms with Gasteiger partial charge >= 0.3 is 0 Å². The van der Waals surface area contributed by atoms with Gasteiger partial charge in [0.2, 0.25) is 5.91 Å². The van der Waals surface area contributed by atoms with Gasteiger partial charge in [0, 0.05) is 6.54 Å². The number of nitrogens with one attached hydrogen (secondary N) is 1. The van der Waals surface area contributed by atoms with Crippen LogP contribution in [-0.4, -0.2) is 20.1 Å². The number of amides is 1. The molecule has 6 heteroatoms. The third kappa shape index (κ3) is 5.83. The SMILES string of the molecule is Cc1ccc(CS(=O)(=O)CC(=O)NCc2ccc(F)cc2)cc1. The van der Waals surface area contributed by atoms with E-state index in [1.807, 2.05) is 19.1 Å². The van der Waals surface area contributed by atoms with Crippen LogP contribution in [0.1, 0.15) is 16.7 Å². The summed E-state index contributed by atoms with van der Waals surface area (Å²) in [6, 6.07) is 12.8. The maximum Gasteiger partial charge on any atom is 0.235 e. The van der Waals surface area contributed by atoms with E-state index in [-0.39, 0.29) is 18.1 Å². The minimum Gasteiger partial charge on any atom is -0.351 e. The summed E-state index contributed by atoms with van der Waals surface area (Å²) < 4.78 is 36.9. The summed E-state index contributed by atoms with van der Waals surface area (Å²) in [7, 11) is -3.53. The Bertz CT molecular complexity index is 768. The van der Waals surface area contributed by atoms with E-state index < -0.39 is 21.5 Å². The van der Waals surface area contributed by atoms with E-state index in [2.05, 4.69) is 5.32 Å². The first-order valence-electron chi connectivity index (χ1n) is 7.11. The maximum absolute atomic E-state index is 12.8. The van der Waals surface area contributed by atoms with Crippen molar-refractivity contribution in [3.05, 3.63) is 71.0 Å². The summed E-state index contributed by atoms with van der Waals surface area (Å²) in [5, 5.41) is 2.53. The fourth-order valence-corrected chi connectivity index (χ4v) is 3.35. The number of carbonyl (C=O) groups excluding carboxylic acids is 1. The zero-order valence-corrected chi connectivity index (χ0v) is 13.6. The van der Waals surface area contributed by atoms with Crippen LogP contribution in [-0.2, 0) is 26.9 Å². The van der Waals surface area contributed by atoms with E-state index in [0.29, 0.717) is 11.1 Å². The average Bonchev–Trinajstić information content (AvgIpc) is 2.48. The Morgan fingerprint density at radius 2 is 1.57 bits per heavy atom. The number of hydrogen-bond donors (Lipinski definition) is 1. The molecule has 0 bridgehead atoms. The highest BCUT2D eigenvalue weighted by atomic mass is 32.2. The number of hydrogen-bond acceptors (Lipinski definition) is 3. The van der Waals surface area contributed by atoms with Gasteiger partial charge in [-0.05, 0) is 30.2 Å². The quantitative estimate of drug-likeness (QED) is 0.881. The topological polar surface area (TPSA) is 63.2 Å². The van der Waals surface area contributed by atoms with Crippen LogP contribution in [0.3, 0.4) is 0 Å². The van der Waals surface area contributed by atoms with Crippen LogP contribution in [0.15, 0.2) is 48.5 Å². The van der Waals surface area contributed by atoms with Crippen LogP contribution >= 0.6 is 0 Å². The standard InChI is InChI=1S/C17H18FNO3S/c1-13-2-4-15(5-3-13)11-23(21,22)12-17(20)19-10-14-6-8-16(18)9-7-14/h2-9H,10-12H2,1H3,(H,19,20). The fourth-order valence-electron chi connectivity index (χ4n) is 2.04. The Morgan fingerprint density at radius 3 is 2.17 bits per heavy atom. The minimum atomic E-state index is -3.53. The van der Waals surface area contributed by atoms with Crippen molar-refractivity contribution in [1.29, 1.82) is 0 Å². The van der Waals surface area contributed by atoms with Crippen molar-refractivity contribution in [3.63, 3.8) is 0 Å². The minimum absolute atomic E-state index is 0.166. The van der Waals surface area contributed by atoms with Crippen molar-refractivity contribution < 1.29 is 17.6 Å². The molecule has 0 saturated carbocycles. The van der Waals surface area contributed by atoms with Crippen molar-refractivity contribution in [2.75, 3.05) is 5.75 Å². The van der Waals surface area contributed by atoms with E-state index in [1.165, 1.54) is 24.3 Å². The van der Waals surface area contributed by atoms with E-state index in [0.717, 1.165) is 5.56 Å². The Hall–Kier alpha value is -2.21. The third-order valence-electron chi connectivity index (χ3n) is 3.26. The number of aryl methyl sites for hydroxylation is 1. The van der Waals surface area contributed by atoms with E-state index in [4.69, 9.17) is 0 Å². The molecule has 2 rings (SSSR count). The predicted octanol–water partition coefficient (Wildman–Crippen LogP) is 2.37. The summed E-state index contributed by atoms with van der Waals surface area (Å²) >= 11 is 0. The van der Waals surface area contributed by atoms with Gasteiger partial charge in [0.05, 0.1) is 5.75 Å². The maximum atomic E-state index is 12.8. The van der Waals surface area contributed by atoms with Crippen LogP contribution in [0.4, 0.5) is 4.39 Å². The van der Waals surface area contributed by atoms with Gasteiger partial charge in [0.25, 0.3) is 0 Å². The molecule has 2 aromatic carbocycles. The molecule has 0 aliphatic carbocycles. The van der Waals surface area contributed by atoms with Gasteiger partial charge in [-0.1, -0.05) is 42.0 Å². The lowest BCUT2D eigenvalue weighted by atomic mass is 10.2. The molecule has 1 amide bonds. The van der Waals surface area contributed by atoms with Gasteiger partial charge in [-0.3, -0.25) is 4.79 Å². The lowest BCUT2D eigenvalue weighted by Gasteiger charge is -2.07. The van der Waals surface area contributed by atoms with Crippen LogP contribution in [0.25, 0.3) is 0 Å². The van der Waals surface area contributed by atoms with Crippen molar-refractivity contribution in [2.45, 2.75) is 19.2 Å². The molecule has 0 unspecified atom stereocenters. The normalized spacial score (nSPS) is 11.2. The number of carbonyl (C=O) groups is 1. The molecule has 122 valence electrons. The van der Waals surface area contributed by atoms with Crippen LogP contribution in [0.5, 0.6) is 0 Å². The van der Waals surface area contributed by atoms with Crippen LogP contribution in [0, 0.1) is 12.7 Å². The van der Waals surface area contributed by atoms with Gasteiger partial charge in [-0.15, -0.1) is 0 Å². The first-order chi connectivity index (χ1) is 10.8. The Morgan fingerprint density at radius 1 is 1.00 bits per heavy atom. The average molecular weight is 335 g/mol. The second kappa shape index (κ2) is 7.37. The monoisotopic (exact) mass is 335 g/mol. The molecule has 0 radical (unpaired) electrons. The molecule has 0 aliphatic rings. The van der Waals surface area contributed by atoms with E-state index in [9.17, 15) is 17.6 Å². The molecule has 0 spiro atoms. The highest BCUT2D eigenvalue weighted by Crippen LogP contribution is 2.08. The Labute approximate surface area is 135 Å². The molecule has 0 aromatic heterocycles. The second-order valence-corrected chi connectivity index (χ2v) is 7.49. The molecular formula is C17H18FNO3S. The van der Waals surface area contributed by atoms with Crippen molar-refractivity contribution in [1.82, 2.24) is 5.32 Å². The van der Waals surface area contributed by atoms with Gasteiger partial charge in [0.15, 0.2) is 9.84 Å². The summed E-state index contributed by atoms with van der Waals surface area (Å²) in [6.07, 6.45) is 0. The Balaban J connectivity index is 1.88. The van der Waals surface area contributed by atoms with Gasteiger partial charge in [0.1, 0.15) is 11.6 Å². The molecule has 0 heterocycles. The first kappa shape index (κ1) is 17.1. The Kier molecular flexibility index (Phi) is 5.50. The summed E-state index contributed by atoms with van der Waals surface area (Å²) in [5.74, 6) is -1.67. The summed E-state index contributed by atoms with van der Waals surface area (Å²) in [5.41, 5.74) is 2.40. The first-order valence-corrected chi connectivity index (χ1v) is 8.93. The molecule has 0 aliphatic heterocycles. The number of sulfone groups is 1. The molecule has 4 nitrogen and oxygen atoms in total. The second-order valence-electron chi connectivity index (χ2n) is 5.42. The van der Waals surface area contributed by atoms with Gasteiger partial charge in [-0.2, -0.15) is 0 Å². The number of benzene rings is 2. The highest BCUT2D eigenvalue weighted by molar-refractivity contribution is 7.91. The lowest BCUT2D eigenvalue weighted by Crippen LogP contribution is -2.30. The largest absolute Gasteiger partial charge is 0.351 e. The molecular weight excluding hydrogens is 317 g/mol. The predicted molar refractivity (Wildman–Crippen MR) is 86.9 cm³/mol. The molecule has 2 aromatic rings. The lowest BCUT2D eigenvalue weighted by molar-refractivity contribution is -0.118. The van der Waals surface area contributed by atoms with E-state index in [1.54, 1.807) is 12.1 Å². The van der Waals surface area contributed by atoms with Crippen molar-refractivity contribution in [3.8, 4) is 0 Å². The molecule has 1 N–H and O–H groups in total. The number of rotatable bonds is 6. The molecule has 0 fully saturated rings. The van der Waals surface area contributed by atoms with Gasteiger partial charge < -0.3 is 5.32 Å².